The first kappa shape index (κ1) is 14.4. The molecular weight excluding hydrogens is 258 g/mol. The summed E-state index contributed by atoms with van der Waals surface area (Å²) in [5.74, 6) is -0.890. The minimum atomic E-state index is -0.827. The summed E-state index contributed by atoms with van der Waals surface area (Å²) in [6.45, 7) is 1.56. The second kappa shape index (κ2) is 6.98. The number of rotatable bonds is 4. The van der Waals surface area contributed by atoms with E-state index < -0.39 is 12.1 Å². The highest BCUT2D eigenvalue weighted by Gasteiger charge is 2.23. The molecule has 1 aromatic rings. The van der Waals surface area contributed by atoms with Crippen molar-refractivity contribution >= 4 is 11.9 Å². The first-order valence-corrected chi connectivity index (χ1v) is 6.94. The number of hydrogen-bond acceptors (Lipinski definition) is 5. The number of amides is 1. The molecule has 1 aliphatic rings. The highest BCUT2D eigenvalue weighted by molar-refractivity contribution is 5.90. The number of nitrogens with zero attached hydrogens (tertiary/aromatic N) is 2. The molecule has 1 fully saturated rings. The Labute approximate surface area is 118 Å². The molecule has 1 aromatic heterocycles. The van der Waals surface area contributed by atoms with Crippen LogP contribution in [0.5, 0.6) is 0 Å². The van der Waals surface area contributed by atoms with Crippen LogP contribution in [0, 0.1) is 0 Å². The second-order valence-corrected chi connectivity index (χ2v) is 4.98. The topological polar surface area (TPSA) is 81.2 Å². The zero-order valence-corrected chi connectivity index (χ0v) is 11.5. The molecule has 1 heterocycles. The van der Waals surface area contributed by atoms with E-state index in [-0.39, 0.29) is 17.6 Å². The first-order chi connectivity index (χ1) is 9.66. The molecule has 0 aliphatic heterocycles. The van der Waals surface area contributed by atoms with Gasteiger partial charge in [0.2, 0.25) is 0 Å². The van der Waals surface area contributed by atoms with Gasteiger partial charge in [0.25, 0.3) is 5.91 Å². The molecule has 1 N–H and O–H groups in total. The molecule has 0 unspecified atom stereocenters. The van der Waals surface area contributed by atoms with Gasteiger partial charge in [-0.05, 0) is 19.8 Å². The van der Waals surface area contributed by atoms with Gasteiger partial charge in [0, 0.05) is 18.4 Å². The Morgan fingerprint density at radius 1 is 1.30 bits per heavy atom. The predicted octanol–water partition coefficient (Wildman–Crippen LogP) is 1.47. The van der Waals surface area contributed by atoms with E-state index in [4.69, 9.17) is 4.74 Å². The molecule has 1 amide bonds. The third kappa shape index (κ3) is 4.01. The van der Waals surface area contributed by atoms with Crippen molar-refractivity contribution in [1.29, 1.82) is 0 Å². The fourth-order valence-corrected chi connectivity index (χ4v) is 2.24. The van der Waals surface area contributed by atoms with Gasteiger partial charge in [-0.15, -0.1) is 0 Å². The molecule has 6 nitrogen and oxygen atoms in total. The zero-order chi connectivity index (χ0) is 14.4. The maximum Gasteiger partial charge on any atom is 0.359 e. The van der Waals surface area contributed by atoms with E-state index in [1.165, 1.54) is 25.0 Å². The van der Waals surface area contributed by atoms with Gasteiger partial charge in [0.15, 0.2) is 11.8 Å². The normalized spacial score (nSPS) is 17.2. The van der Waals surface area contributed by atoms with Crippen LogP contribution < -0.4 is 5.32 Å². The third-order valence-electron chi connectivity index (χ3n) is 3.38. The number of carbonyl (C=O) groups excluding carboxylic acids is 2. The number of nitrogens with one attached hydrogen (secondary N) is 1. The Morgan fingerprint density at radius 3 is 2.70 bits per heavy atom. The Hall–Kier alpha value is -1.98. The van der Waals surface area contributed by atoms with E-state index in [1.54, 1.807) is 6.92 Å². The Morgan fingerprint density at radius 2 is 2.05 bits per heavy atom. The summed E-state index contributed by atoms with van der Waals surface area (Å²) >= 11 is 0. The lowest BCUT2D eigenvalue weighted by molar-refractivity contribution is -0.130. The van der Waals surface area contributed by atoms with Gasteiger partial charge < -0.3 is 10.1 Å². The van der Waals surface area contributed by atoms with Crippen LogP contribution in [0.25, 0.3) is 0 Å². The molecule has 0 radical (unpaired) electrons. The number of aromatic nitrogens is 2. The Kier molecular flexibility index (Phi) is 5.03. The molecule has 1 saturated carbocycles. The molecule has 0 spiro atoms. The summed E-state index contributed by atoms with van der Waals surface area (Å²) in [6.07, 6.45) is 8.85. The monoisotopic (exact) mass is 277 g/mol. The summed E-state index contributed by atoms with van der Waals surface area (Å²) in [7, 11) is 0. The van der Waals surface area contributed by atoms with Crippen molar-refractivity contribution in [3.05, 3.63) is 24.3 Å². The molecule has 1 atom stereocenters. The van der Waals surface area contributed by atoms with Crippen molar-refractivity contribution < 1.29 is 14.3 Å². The van der Waals surface area contributed by atoms with Crippen LogP contribution in [0.4, 0.5) is 0 Å². The van der Waals surface area contributed by atoms with Gasteiger partial charge in [-0.1, -0.05) is 19.3 Å². The van der Waals surface area contributed by atoms with Crippen LogP contribution >= 0.6 is 0 Å². The van der Waals surface area contributed by atoms with Gasteiger partial charge in [-0.25, -0.2) is 9.78 Å². The van der Waals surface area contributed by atoms with Crippen molar-refractivity contribution in [3.63, 3.8) is 0 Å². The molecule has 0 aromatic carbocycles. The molecule has 2 rings (SSSR count). The van der Waals surface area contributed by atoms with Crippen molar-refractivity contribution in [1.82, 2.24) is 15.3 Å². The van der Waals surface area contributed by atoms with Gasteiger partial charge in [0.1, 0.15) is 0 Å². The van der Waals surface area contributed by atoms with E-state index in [0.29, 0.717) is 0 Å². The number of ether oxygens (including phenoxy) is 1. The summed E-state index contributed by atoms with van der Waals surface area (Å²) in [4.78, 5) is 31.3. The Bertz CT molecular complexity index is 458. The number of carbonyl (C=O) groups is 2. The summed E-state index contributed by atoms with van der Waals surface area (Å²) < 4.78 is 5.09. The van der Waals surface area contributed by atoms with Gasteiger partial charge >= 0.3 is 5.97 Å². The maximum absolute atomic E-state index is 12.0. The average Bonchev–Trinajstić information content (AvgIpc) is 2.49. The van der Waals surface area contributed by atoms with Gasteiger partial charge in [-0.2, -0.15) is 0 Å². The van der Waals surface area contributed by atoms with Crippen LogP contribution in [-0.2, 0) is 9.53 Å². The van der Waals surface area contributed by atoms with Crippen LogP contribution in [-0.4, -0.2) is 34.0 Å². The standard InChI is InChI=1S/C14H19N3O3/c1-10(13(18)17-11-5-3-2-4-6-11)20-14(19)12-9-15-7-8-16-12/h7-11H,2-6H2,1H3,(H,17,18)/t10-/m0/s1. The fourth-order valence-electron chi connectivity index (χ4n) is 2.24. The molecule has 0 saturated heterocycles. The minimum absolute atomic E-state index is 0.102. The molecular formula is C14H19N3O3. The molecule has 20 heavy (non-hydrogen) atoms. The van der Waals surface area contributed by atoms with E-state index in [0.717, 1.165) is 25.7 Å². The van der Waals surface area contributed by atoms with E-state index in [9.17, 15) is 9.59 Å². The third-order valence-corrected chi connectivity index (χ3v) is 3.38. The van der Waals surface area contributed by atoms with Crippen molar-refractivity contribution in [2.75, 3.05) is 0 Å². The van der Waals surface area contributed by atoms with Crippen LogP contribution in [0.15, 0.2) is 18.6 Å². The maximum atomic E-state index is 12.0. The van der Waals surface area contributed by atoms with E-state index in [2.05, 4.69) is 15.3 Å². The van der Waals surface area contributed by atoms with E-state index >= 15 is 0 Å². The quantitative estimate of drug-likeness (QED) is 0.843. The summed E-state index contributed by atoms with van der Waals surface area (Å²) in [5, 5.41) is 2.92. The minimum Gasteiger partial charge on any atom is -0.448 e. The fraction of sp³-hybridized carbons (Fsp3) is 0.571. The van der Waals surface area contributed by atoms with E-state index in [1.807, 2.05) is 0 Å². The van der Waals surface area contributed by atoms with Crippen LogP contribution in [0.2, 0.25) is 0 Å². The van der Waals surface area contributed by atoms with Crippen LogP contribution in [0.1, 0.15) is 49.5 Å². The second-order valence-electron chi connectivity index (χ2n) is 4.98. The summed E-state index contributed by atoms with van der Waals surface area (Å²) in [6, 6.07) is 0.203. The largest absolute Gasteiger partial charge is 0.448 e. The highest BCUT2D eigenvalue weighted by atomic mass is 16.5. The van der Waals surface area contributed by atoms with Crippen molar-refractivity contribution in [2.24, 2.45) is 0 Å². The van der Waals surface area contributed by atoms with Crippen LogP contribution in [0.3, 0.4) is 0 Å². The summed E-state index contributed by atoms with van der Waals surface area (Å²) in [5.41, 5.74) is 0.102. The number of esters is 1. The predicted molar refractivity (Wildman–Crippen MR) is 71.9 cm³/mol. The molecule has 108 valence electrons. The number of hydrogen-bond donors (Lipinski definition) is 1. The highest BCUT2D eigenvalue weighted by Crippen LogP contribution is 2.17. The molecule has 1 aliphatic carbocycles. The smallest absolute Gasteiger partial charge is 0.359 e. The molecule has 0 bridgehead atoms. The van der Waals surface area contributed by atoms with Crippen molar-refractivity contribution in [2.45, 2.75) is 51.2 Å². The Balaban J connectivity index is 1.83. The lowest BCUT2D eigenvalue weighted by atomic mass is 9.95. The SMILES string of the molecule is C[C@H](OC(=O)c1cnccn1)C(=O)NC1CCCCC1. The zero-order valence-electron chi connectivity index (χ0n) is 11.5. The molecule has 6 heteroatoms. The van der Waals surface area contributed by atoms with Crippen molar-refractivity contribution in [3.8, 4) is 0 Å². The first-order valence-electron chi connectivity index (χ1n) is 6.94. The van der Waals surface area contributed by atoms with Gasteiger partial charge in [-0.3, -0.25) is 9.78 Å². The lowest BCUT2D eigenvalue weighted by Gasteiger charge is -2.24. The lowest BCUT2D eigenvalue weighted by Crippen LogP contribution is -2.42. The van der Waals surface area contributed by atoms with Gasteiger partial charge in [0.05, 0.1) is 6.20 Å². The average molecular weight is 277 g/mol.